The number of hydrogen-bond donors (Lipinski definition) is 0. The lowest BCUT2D eigenvalue weighted by Gasteiger charge is -2.20. The minimum absolute atomic E-state index is 0.109. The van der Waals surface area contributed by atoms with Crippen LogP contribution in [0, 0.1) is 0 Å². The molecule has 1 aromatic heterocycles. The fourth-order valence-corrected chi connectivity index (χ4v) is 2.07. The summed E-state index contributed by atoms with van der Waals surface area (Å²) in [7, 11) is 0. The molecule has 0 fully saturated rings. The zero-order chi connectivity index (χ0) is 13.3. The van der Waals surface area contributed by atoms with Crippen LogP contribution in [0.2, 0.25) is 0 Å². The van der Waals surface area contributed by atoms with Gasteiger partial charge in [-0.15, -0.1) is 0 Å². The van der Waals surface area contributed by atoms with Gasteiger partial charge in [0.2, 0.25) is 0 Å². The minimum Gasteiger partial charge on any atom is -0.348 e. The third-order valence-corrected chi connectivity index (χ3v) is 3.54. The van der Waals surface area contributed by atoms with E-state index in [-0.39, 0.29) is 5.54 Å². The summed E-state index contributed by atoms with van der Waals surface area (Å²) >= 11 is 3.45. The van der Waals surface area contributed by atoms with Crippen LogP contribution in [0.15, 0.2) is 53.8 Å². The van der Waals surface area contributed by atoms with Gasteiger partial charge in [0, 0.05) is 22.4 Å². The van der Waals surface area contributed by atoms with Crippen molar-refractivity contribution in [3.63, 3.8) is 0 Å². The summed E-state index contributed by atoms with van der Waals surface area (Å²) in [5.74, 6) is 0. The topological polar surface area (TPSA) is 4.93 Å². The molecule has 1 heterocycles. The molecule has 94 valence electrons. The Labute approximate surface area is 117 Å². The van der Waals surface area contributed by atoms with Crippen molar-refractivity contribution in [3.8, 4) is 0 Å². The zero-order valence-electron chi connectivity index (χ0n) is 11.1. The molecule has 18 heavy (non-hydrogen) atoms. The molecule has 0 N–H and O–H groups in total. The number of benzene rings is 1. The molecule has 0 aliphatic rings. The minimum atomic E-state index is 0.109. The van der Waals surface area contributed by atoms with Crippen LogP contribution in [0.3, 0.4) is 0 Å². The summed E-state index contributed by atoms with van der Waals surface area (Å²) in [4.78, 5) is 0. The van der Waals surface area contributed by atoms with Crippen LogP contribution in [0.5, 0.6) is 0 Å². The van der Waals surface area contributed by atoms with Crippen molar-refractivity contribution in [2.45, 2.75) is 26.3 Å². The van der Waals surface area contributed by atoms with Crippen molar-refractivity contribution in [2.75, 3.05) is 0 Å². The third kappa shape index (κ3) is 2.75. The predicted octanol–water partition coefficient (Wildman–Crippen LogP) is 5.07. The number of nitrogens with zero attached hydrogens (tertiary/aromatic N) is 1. The Balaban J connectivity index is 2.29. The molecule has 2 heteroatoms. The van der Waals surface area contributed by atoms with Crippen LogP contribution < -0.4 is 0 Å². The van der Waals surface area contributed by atoms with Gasteiger partial charge in [0.1, 0.15) is 0 Å². The Morgan fingerprint density at radius 3 is 2.17 bits per heavy atom. The smallest absolute Gasteiger partial charge is 0.0355 e. The molecule has 0 atom stereocenters. The highest BCUT2D eigenvalue weighted by Crippen LogP contribution is 2.25. The molecular weight excluding hydrogens is 286 g/mol. The standard InChI is InChI=1S/C16H18BrN/c1-12(13-5-7-15(17)8-6-13)14-9-10-18(11-14)16(2,3)4/h5-11H,1H2,2-4H3. The summed E-state index contributed by atoms with van der Waals surface area (Å²) in [6.45, 7) is 10.8. The van der Waals surface area contributed by atoms with E-state index >= 15 is 0 Å². The van der Waals surface area contributed by atoms with E-state index in [2.05, 4.69) is 78.4 Å². The first-order valence-electron chi connectivity index (χ1n) is 6.01. The second kappa shape index (κ2) is 4.77. The summed E-state index contributed by atoms with van der Waals surface area (Å²) in [5, 5.41) is 0. The monoisotopic (exact) mass is 303 g/mol. The van der Waals surface area contributed by atoms with Crippen LogP contribution in [-0.2, 0) is 5.54 Å². The van der Waals surface area contributed by atoms with Crippen LogP contribution in [0.1, 0.15) is 31.9 Å². The Hall–Kier alpha value is -1.28. The van der Waals surface area contributed by atoms with Crippen LogP contribution in [0.4, 0.5) is 0 Å². The van der Waals surface area contributed by atoms with Crippen molar-refractivity contribution >= 4 is 21.5 Å². The quantitative estimate of drug-likeness (QED) is 0.730. The van der Waals surface area contributed by atoms with Crippen molar-refractivity contribution in [1.82, 2.24) is 4.57 Å². The lowest BCUT2D eigenvalue weighted by molar-refractivity contribution is 0.398. The Morgan fingerprint density at radius 1 is 1.06 bits per heavy atom. The average Bonchev–Trinajstić information content (AvgIpc) is 2.78. The fraction of sp³-hybridized carbons (Fsp3) is 0.250. The number of hydrogen-bond acceptors (Lipinski definition) is 0. The van der Waals surface area contributed by atoms with Crippen molar-refractivity contribution in [3.05, 3.63) is 64.9 Å². The van der Waals surface area contributed by atoms with Crippen LogP contribution in [-0.4, -0.2) is 4.57 Å². The molecule has 0 saturated heterocycles. The summed E-state index contributed by atoms with van der Waals surface area (Å²) in [6, 6.07) is 10.4. The lowest BCUT2D eigenvalue weighted by atomic mass is 10.0. The normalized spacial score (nSPS) is 11.6. The number of aromatic nitrogens is 1. The van der Waals surface area contributed by atoms with E-state index in [0.717, 1.165) is 15.6 Å². The highest BCUT2D eigenvalue weighted by Gasteiger charge is 2.13. The van der Waals surface area contributed by atoms with Gasteiger partial charge < -0.3 is 4.57 Å². The molecule has 0 aliphatic carbocycles. The first kappa shape index (κ1) is 13.2. The van der Waals surface area contributed by atoms with Gasteiger partial charge in [-0.3, -0.25) is 0 Å². The molecule has 0 saturated carbocycles. The molecule has 0 spiro atoms. The van der Waals surface area contributed by atoms with Gasteiger partial charge in [-0.2, -0.15) is 0 Å². The fourth-order valence-electron chi connectivity index (χ4n) is 1.81. The SMILES string of the molecule is C=C(c1ccc(Br)cc1)c1ccn(C(C)(C)C)c1. The van der Waals surface area contributed by atoms with E-state index in [1.54, 1.807) is 0 Å². The molecule has 2 aromatic rings. The summed E-state index contributed by atoms with van der Waals surface area (Å²) < 4.78 is 3.30. The predicted molar refractivity (Wildman–Crippen MR) is 81.7 cm³/mol. The maximum Gasteiger partial charge on any atom is 0.0355 e. The molecule has 0 radical (unpaired) electrons. The van der Waals surface area contributed by atoms with Crippen molar-refractivity contribution in [1.29, 1.82) is 0 Å². The Kier molecular flexibility index (Phi) is 3.49. The van der Waals surface area contributed by atoms with Crippen molar-refractivity contribution < 1.29 is 0 Å². The molecule has 1 aromatic carbocycles. The summed E-state index contributed by atoms with van der Waals surface area (Å²) in [6.07, 6.45) is 4.27. The molecule has 2 rings (SSSR count). The Bertz CT molecular complexity index is 556. The van der Waals surface area contributed by atoms with E-state index in [1.807, 2.05) is 12.1 Å². The first-order valence-corrected chi connectivity index (χ1v) is 6.81. The molecular formula is C16H18BrN. The molecule has 0 aliphatic heterocycles. The molecule has 1 nitrogen and oxygen atoms in total. The molecule has 0 amide bonds. The van der Waals surface area contributed by atoms with E-state index in [1.165, 1.54) is 5.56 Å². The lowest BCUT2D eigenvalue weighted by Crippen LogP contribution is -2.19. The highest BCUT2D eigenvalue weighted by molar-refractivity contribution is 9.10. The van der Waals surface area contributed by atoms with Gasteiger partial charge in [-0.25, -0.2) is 0 Å². The Morgan fingerprint density at radius 2 is 1.67 bits per heavy atom. The van der Waals surface area contributed by atoms with Crippen molar-refractivity contribution in [2.24, 2.45) is 0 Å². The first-order chi connectivity index (χ1) is 8.38. The maximum atomic E-state index is 4.19. The van der Waals surface area contributed by atoms with Gasteiger partial charge in [0.25, 0.3) is 0 Å². The largest absolute Gasteiger partial charge is 0.348 e. The highest BCUT2D eigenvalue weighted by atomic mass is 79.9. The van der Waals surface area contributed by atoms with Gasteiger partial charge in [0.05, 0.1) is 0 Å². The van der Waals surface area contributed by atoms with E-state index in [9.17, 15) is 0 Å². The zero-order valence-corrected chi connectivity index (χ0v) is 12.7. The van der Waals surface area contributed by atoms with E-state index < -0.39 is 0 Å². The third-order valence-electron chi connectivity index (χ3n) is 3.01. The van der Waals surface area contributed by atoms with E-state index in [4.69, 9.17) is 0 Å². The van der Waals surface area contributed by atoms with Gasteiger partial charge >= 0.3 is 0 Å². The van der Waals surface area contributed by atoms with Gasteiger partial charge in [-0.05, 0) is 55.7 Å². The van der Waals surface area contributed by atoms with Crippen LogP contribution in [0.25, 0.3) is 5.57 Å². The second-order valence-electron chi connectivity index (χ2n) is 5.46. The maximum absolute atomic E-state index is 4.19. The van der Waals surface area contributed by atoms with Gasteiger partial charge in [-0.1, -0.05) is 34.6 Å². The molecule has 0 bridgehead atoms. The summed E-state index contributed by atoms with van der Waals surface area (Å²) in [5.41, 5.74) is 3.50. The second-order valence-corrected chi connectivity index (χ2v) is 6.38. The van der Waals surface area contributed by atoms with Crippen LogP contribution >= 0.6 is 15.9 Å². The van der Waals surface area contributed by atoms with E-state index in [0.29, 0.717) is 0 Å². The number of halogens is 1. The average molecular weight is 304 g/mol. The number of rotatable bonds is 2. The molecule has 0 unspecified atom stereocenters. The van der Waals surface area contributed by atoms with Gasteiger partial charge in [0.15, 0.2) is 0 Å².